The highest BCUT2D eigenvalue weighted by Gasteiger charge is 2.26. The quantitative estimate of drug-likeness (QED) is 0.399. The smallest absolute Gasteiger partial charge is 0.373 e. The minimum absolute atomic E-state index is 1.41. The van der Waals surface area contributed by atoms with Gasteiger partial charge in [-0.1, -0.05) is 0 Å². The lowest BCUT2D eigenvalue weighted by Crippen LogP contribution is -2.27. The van der Waals surface area contributed by atoms with E-state index in [4.69, 9.17) is 10.2 Å². The van der Waals surface area contributed by atoms with Crippen molar-refractivity contribution in [2.75, 3.05) is 0 Å². The summed E-state index contributed by atoms with van der Waals surface area (Å²) in [7, 11) is 0. The highest BCUT2D eigenvalue weighted by atomic mass is 16.4. The van der Waals surface area contributed by atoms with Gasteiger partial charge in [0.25, 0.3) is 5.78 Å². The third-order valence-electron chi connectivity index (χ3n) is 0.825. The molecule has 0 aliphatic rings. The second-order valence-corrected chi connectivity index (χ2v) is 1.56. The third kappa shape index (κ3) is 1.85. The van der Waals surface area contributed by atoms with Crippen LogP contribution >= 0.6 is 0 Å². The van der Waals surface area contributed by atoms with Crippen LogP contribution in [0, 0.1) is 12.8 Å². The number of carboxylic acid groups (broad SMARTS) is 2. The number of Topliss-reactive ketones (excluding diaryl/α,β-unsaturated/α-hetero) is 1. The lowest BCUT2D eigenvalue weighted by molar-refractivity contribution is -0.155. The van der Waals surface area contributed by atoms with Gasteiger partial charge >= 0.3 is 11.9 Å². The van der Waals surface area contributed by atoms with Gasteiger partial charge in [0, 0.05) is 0 Å². The Balaban J connectivity index is 4.22. The standard InChI is InChI=1S/C5H5O5/c1-2(4(7)8)3(6)5(9)10/h2H,1H2,(H,7,8)(H,9,10). The van der Waals surface area contributed by atoms with Gasteiger partial charge in [0.05, 0.1) is 0 Å². The van der Waals surface area contributed by atoms with Crippen molar-refractivity contribution in [2.45, 2.75) is 0 Å². The van der Waals surface area contributed by atoms with Crippen molar-refractivity contribution < 1.29 is 24.6 Å². The van der Waals surface area contributed by atoms with Gasteiger partial charge < -0.3 is 10.2 Å². The monoisotopic (exact) mass is 145 g/mol. The topological polar surface area (TPSA) is 91.7 Å². The van der Waals surface area contributed by atoms with Crippen molar-refractivity contribution in [1.29, 1.82) is 0 Å². The molecule has 5 heteroatoms. The maximum absolute atomic E-state index is 10.2. The molecule has 0 rings (SSSR count). The minimum Gasteiger partial charge on any atom is -0.481 e. The molecule has 0 saturated heterocycles. The van der Waals surface area contributed by atoms with Crippen LogP contribution in [-0.4, -0.2) is 27.9 Å². The number of ketones is 1. The summed E-state index contributed by atoms with van der Waals surface area (Å²) in [6, 6.07) is 0. The molecule has 1 unspecified atom stereocenters. The van der Waals surface area contributed by atoms with E-state index in [1.807, 2.05) is 0 Å². The summed E-state index contributed by atoms with van der Waals surface area (Å²) >= 11 is 0. The van der Waals surface area contributed by atoms with Crippen LogP contribution in [0.15, 0.2) is 0 Å². The zero-order valence-electron chi connectivity index (χ0n) is 4.90. The first kappa shape index (κ1) is 8.61. The van der Waals surface area contributed by atoms with Crippen LogP contribution in [0.4, 0.5) is 0 Å². The molecule has 1 radical (unpaired) electrons. The Morgan fingerprint density at radius 2 is 1.60 bits per heavy atom. The fourth-order valence-electron chi connectivity index (χ4n) is 0.261. The van der Waals surface area contributed by atoms with E-state index in [9.17, 15) is 14.4 Å². The molecule has 0 saturated carbocycles. The van der Waals surface area contributed by atoms with E-state index < -0.39 is 23.6 Å². The molecule has 2 N–H and O–H groups in total. The van der Waals surface area contributed by atoms with Crippen LogP contribution in [-0.2, 0) is 14.4 Å². The summed E-state index contributed by atoms with van der Waals surface area (Å²) in [5.74, 6) is -6.43. The molecule has 1 atom stereocenters. The number of carboxylic acids is 2. The van der Waals surface area contributed by atoms with Crippen LogP contribution in [0.5, 0.6) is 0 Å². The van der Waals surface area contributed by atoms with Gasteiger partial charge in [0.2, 0.25) is 0 Å². The Hall–Kier alpha value is -1.39. The molecule has 0 heterocycles. The maximum atomic E-state index is 10.2. The van der Waals surface area contributed by atoms with Crippen LogP contribution in [0.25, 0.3) is 0 Å². The van der Waals surface area contributed by atoms with Gasteiger partial charge in [-0.25, -0.2) is 4.79 Å². The van der Waals surface area contributed by atoms with E-state index in [1.165, 1.54) is 0 Å². The molecule has 0 bridgehead atoms. The van der Waals surface area contributed by atoms with Crippen molar-refractivity contribution in [2.24, 2.45) is 5.92 Å². The second kappa shape index (κ2) is 2.95. The molecule has 0 aromatic heterocycles. The summed E-state index contributed by atoms with van der Waals surface area (Å²) in [5, 5.41) is 16.0. The van der Waals surface area contributed by atoms with E-state index in [0.29, 0.717) is 0 Å². The average Bonchev–Trinajstić information content (AvgIpc) is 1.84. The highest BCUT2D eigenvalue weighted by Crippen LogP contribution is 1.95. The number of rotatable bonds is 3. The lowest BCUT2D eigenvalue weighted by Gasteiger charge is -1.97. The predicted molar refractivity (Wildman–Crippen MR) is 29.1 cm³/mol. The zero-order chi connectivity index (χ0) is 8.31. The second-order valence-electron chi connectivity index (χ2n) is 1.56. The number of hydrogen-bond acceptors (Lipinski definition) is 3. The zero-order valence-corrected chi connectivity index (χ0v) is 4.90. The minimum atomic E-state index is -1.78. The molecule has 0 amide bonds. The van der Waals surface area contributed by atoms with E-state index in [2.05, 4.69) is 6.92 Å². The molecule has 55 valence electrons. The van der Waals surface area contributed by atoms with Gasteiger partial charge in [-0.2, -0.15) is 0 Å². The van der Waals surface area contributed by atoms with Gasteiger partial charge in [-0.3, -0.25) is 9.59 Å². The average molecular weight is 145 g/mol. The SMILES string of the molecule is [CH2]C(C(=O)O)C(=O)C(=O)O. The molecule has 0 aromatic carbocycles. The van der Waals surface area contributed by atoms with Crippen molar-refractivity contribution in [3.8, 4) is 0 Å². The molecule has 0 spiro atoms. The van der Waals surface area contributed by atoms with Crippen LogP contribution in [0.2, 0.25) is 0 Å². The number of hydrogen-bond donors (Lipinski definition) is 2. The maximum Gasteiger partial charge on any atom is 0.373 e. The molecular weight excluding hydrogens is 140 g/mol. The fraction of sp³-hybridized carbons (Fsp3) is 0.200. The van der Waals surface area contributed by atoms with E-state index in [1.54, 1.807) is 0 Å². The van der Waals surface area contributed by atoms with Crippen molar-refractivity contribution in [3.05, 3.63) is 6.92 Å². The first-order valence-electron chi connectivity index (χ1n) is 2.30. The van der Waals surface area contributed by atoms with Crippen LogP contribution in [0.1, 0.15) is 0 Å². The Morgan fingerprint density at radius 1 is 1.20 bits per heavy atom. The molecule has 10 heavy (non-hydrogen) atoms. The van der Waals surface area contributed by atoms with Crippen molar-refractivity contribution in [1.82, 2.24) is 0 Å². The first-order chi connectivity index (χ1) is 4.46. The summed E-state index contributed by atoms with van der Waals surface area (Å²) in [4.78, 5) is 29.9. The van der Waals surface area contributed by atoms with Gasteiger partial charge in [-0.15, -0.1) is 0 Å². The third-order valence-corrected chi connectivity index (χ3v) is 0.825. The largest absolute Gasteiger partial charge is 0.481 e. The molecule has 0 fully saturated rings. The predicted octanol–water partition coefficient (Wildman–Crippen LogP) is -0.825. The van der Waals surface area contributed by atoms with Gasteiger partial charge in [-0.05, 0) is 6.92 Å². The van der Waals surface area contributed by atoms with Gasteiger partial charge in [0.15, 0.2) is 0 Å². The van der Waals surface area contributed by atoms with E-state index in [0.717, 1.165) is 0 Å². The summed E-state index contributed by atoms with van der Waals surface area (Å²) in [5.41, 5.74) is 0. The Morgan fingerprint density at radius 3 is 1.70 bits per heavy atom. The number of carbonyl (C=O) groups is 3. The van der Waals surface area contributed by atoms with Crippen molar-refractivity contribution in [3.63, 3.8) is 0 Å². The fourth-order valence-corrected chi connectivity index (χ4v) is 0.261. The van der Waals surface area contributed by atoms with Crippen molar-refractivity contribution >= 4 is 17.7 Å². The number of aliphatic carboxylic acids is 2. The van der Waals surface area contributed by atoms with Gasteiger partial charge in [0.1, 0.15) is 5.92 Å². The first-order valence-corrected chi connectivity index (χ1v) is 2.30. The summed E-state index contributed by atoms with van der Waals surface area (Å²) in [6.07, 6.45) is 0. The molecular formula is C5H5O5. The summed E-state index contributed by atoms with van der Waals surface area (Å²) in [6.45, 7) is 2.83. The number of carbonyl (C=O) groups excluding carboxylic acids is 1. The normalized spacial score (nSPS) is 12.1. The Kier molecular flexibility index (Phi) is 2.54. The molecule has 0 aliphatic carbocycles. The van der Waals surface area contributed by atoms with E-state index in [-0.39, 0.29) is 0 Å². The van der Waals surface area contributed by atoms with E-state index >= 15 is 0 Å². The highest BCUT2D eigenvalue weighted by molar-refractivity contribution is 6.37. The molecule has 0 aromatic rings. The molecule has 0 aliphatic heterocycles. The molecule has 5 nitrogen and oxygen atoms in total. The van der Waals surface area contributed by atoms with Crippen LogP contribution in [0.3, 0.4) is 0 Å². The Labute approximate surface area is 56.3 Å². The van der Waals surface area contributed by atoms with Crippen LogP contribution < -0.4 is 0 Å². The lowest BCUT2D eigenvalue weighted by atomic mass is 10.1. The Bertz CT molecular complexity index is 182. The summed E-state index contributed by atoms with van der Waals surface area (Å²) < 4.78 is 0.